The fourth-order valence-electron chi connectivity index (χ4n) is 2.11. The van der Waals surface area contributed by atoms with Gasteiger partial charge in [-0.25, -0.2) is 15.0 Å². The van der Waals surface area contributed by atoms with Crippen molar-refractivity contribution < 1.29 is 13.2 Å². The van der Waals surface area contributed by atoms with E-state index >= 15 is 0 Å². The van der Waals surface area contributed by atoms with Gasteiger partial charge in [0.2, 0.25) is 0 Å². The zero-order chi connectivity index (χ0) is 17.3. The summed E-state index contributed by atoms with van der Waals surface area (Å²) in [6, 6.07) is 1.62. The van der Waals surface area contributed by atoms with E-state index in [4.69, 9.17) is 11.6 Å². The maximum Gasteiger partial charge on any atom is 0.434 e. The molecule has 0 unspecified atom stereocenters. The Kier molecular flexibility index (Phi) is 4.27. The first kappa shape index (κ1) is 16.4. The Balaban J connectivity index is 2.02. The molecule has 0 N–H and O–H groups in total. The number of hydrogen-bond acceptors (Lipinski definition) is 4. The Morgan fingerprint density at radius 3 is 2.50 bits per heavy atom. The quantitative estimate of drug-likeness (QED) is 0.719. The van der Waals surface area contributed by atoms with Gasteiger partial charge < -0.3 is 4.57 Å². The zero-order valence-electron chi connectivity index (χ0n) is 12.5. The first-order valence-electron chi connectivity index (χ1n) is 7.01. The van der Waals surface area contributed by atoms with Gasteiger partial charge in [0.05, 0.1) is 11.6 Å². The summed E-state index contributed by atoms with van der Waals surface area (Å²) in [5.41, 5.74) is -0.640. The highest BCUT2D eigenvalue weighted by atomic mass is 35.5. The molecule has 0 saturated heterocycles. The summed E-state index contributed by atoms with van der Waals surface area (Å²) >= 11 is 5.72. The van der Waals surface area contributed by atoms with E-state index in [-0.39, 0.29) is 12.4 Å². The van der Waals surface area contributed by atoms with E-state index in [9.17, 15) is 13.2 Å². The highest BCUT2D eigenvalue weighted by Gasteiger charge is 2.35. The van der Waals surface area contributed by atoms with Crippen molar-refractivity contribution in [2.24, 2.45) is 0 Å². The molecule has 0 fully saturated rings. The average molecular weight is 357 g/mol. The minimum atomic E-state index is -4.55. The molecule has 0 aliphatic heterocycles. The predicted molar refractivity (Wildman–Crippen MR) is 80.3 cm³/mol. The minimum Gasteiger partial charge on any atom is -0.321 e. The molecule has 0 aliphatic carbocycles. The van der Waals surface area contributed by atoms with Crippen LogP contribution in [0.25, 0.3) is 11.5 Å². The van der Waals surface area contributed by atoms with Gasteiger partial charge in [-0.2, -0.15) is 18.3 Å². The van der Waals surface area contributed by atoms with Crippen molar-refractivity contribution in [2.75, 3.05) is 0 Å². The van der Waals surface area contributed by atoms with E-state index < -0.39 is 11.9 Å². The van der Waals surface area contributed by atoms with Crippen molar-refractivity contribution in [3.8, 4) is 11.5 Å². The predicted octanol–water partition coefficient (Wildman–Crippen LogP) is 3.28. The summed E-state index contributed by atoms with van der Waals surface area (Å²) in [4.78, 5) is 11.7. The molecule has 0 spiro atoms. The Hall–Kier alpha value is -2.42. The molecule has 126 valence electrons. The number of halogens is 4. The summed E-state index contributed by atoms with van der Waals surface area (Å²) < 4.78 is 42.0. The molecule has 3 heterocycles. The smallest absolute Gasteiger partial charge is 0.321 e. The van der Waals surface area contributed by atoms with Crippen LogP contribution in [0.1, 0.15) is 18.4 Å². The van der Waals surface area contributed by atoms with Crippen molar-refractivity contribution in [3.63, 3.8) is 0 Å². The van der Waals surface area contributed by atoms with Gasteiger partial charge in [-0.1, -0.05) is 11.6 Å². The van der Waals surface area contributed by atoms with Gasteiger partial charge in [0, 0.05) is 31.3 Å². The van der Waals surface area contributed by atoms with Crippen LogP contribution in [-0.2, 0) is 19.3 Å². The minimum absolute atomic E-state index is 0.0224. The molecule has 0 saturated carbocycles. The normalized spacial score (nSPS) is 11.9. The fourth-order valence-corrected chi connectivity index (χ4v) is 2.21. The molecule has 3 aromatic heterocycles. The Labute approximate surface area is 139 Å². The molecule has 3 aromatic rings. The van der Waals surface area contributed by atoms with Crippen molar-refractivity contribution in [3.05, 3.63) is 47.4 Å². The molecule has 3 rings (SSSR count). The first-order chi connectivity index (χ1) is 11.4. The molecule has 0 bridgehead atoms. The van der Waals surface area contributed by atoms with Crippen LogP contribution in [-0.4, -0.2) is 29.3 Å². The number of aryl methyl sites for hydroxylation is 1. The average Bonchev–Trinajstić information content (AvgIpc) is 3.15. The van der Waals surface area contributed by atoms with Crippen LogP contribution in [0.15, 0.2) is 30.9 Å². The SMILES string of the molecule is CCn1ccc(-c2nc(C(F)(F)F)cn2Cc2ncc(Cl)cn2)n1. The number of alkyl halides is 3. The number of aromatic nitrogens is 6. The summed E-state index contributed by atoms with van der Waals surface area (Å²) in [6.45, 7) is 2.51. The van der Waals surface area contributed by atoms with Crippen molar-refractivity contribution >= 4 is 11.6 Å². The third-order valence-electron chi connectivity index (χ3n) is 3.25. The van der Waals surface area contributed by atoms with Gasteiger partial charge in [0.1, 0.15) is 11.5 Å². The number of nitrogens with zero attached hydrogens (tertiary/aromatic N) is 6. The van der Waals surface area contributed by atoms with E-state index in [0.29, 0.717) is 23.1 Å². The maximum absolute atomic E-state index is 13.0. The molecule has 0 atom stereocenters. The van der Waals surface area contributed by atoms with Crippen LogP contribution in [0.4, 0.5) is 13.2 Å². The van der Waals surface area contributed by atoms with Crippen molar-refractivity contribution in [1.29, 1.82) is 0 Å². The van der Waals surface area contributed by atoms with Gasteiger partial charge >= 0.3 is 6.18 Å². The maximum atomic E-state index is 13.0. The Morgan fingerprint density at radius 1 is 1.21 bits per heavy atom. The van der Waals surface area contributed by atoms with Gasteiger partial charge in [0.15, 0.2) is 11.5 Å². The van der Waals surface area contributed by atoms with Gasteiger partial charge in [0.25, 0.3) is 0 Å². The highest BCUT2D eigenvalue weighted by molar-refractivity contribution is 6.30. The second-order valence-corrected chi connectivity index (χ2v) is 5.39. The highest BCUT2D eigenvalue weighted by Crippen LogP contribution is 2.30. The lowest BCUT2D eigenvalue weighted by molar-refractivity contribution is -0.140. The summed E-state index contributed by atoms with van der Waals surface area (Å²) in [5.74, 6) is 0.426. The fraction of sp³-hybridized carbons (Fsp3) is 0.286. The van der Waals surface area contributed by atoms with Crippen LogP contribution < -0.4 is 0 Å². The first-order valence-corrected chi connectivity index (χ1v) is 7.39. The molecule has 0 radical (unpaired) electrons. The van der Waals surface area contributed by atoms with E-state index in [1.807, 2.05) is 6.92 Å². The third kappa shape index (κ3) is 3.40. The van der Waals surface area contributed by atoms with E-state index in [2.05, 4.69) is 20.1 Å². The lowest BCUT2D eigenvalue weighted by Crippen LogP contribution is -2.06. The standard InChI is InChI=1S/C14H12ClF3N6/c1-2-24-4-3-10(22-24)13-21-11(14(16,17)18)7-23(13)8-12-19-5-9(15)6-20-12/h3-7H,2,8H2,1H3. The second kappa shape index (κ2) is 6.23. The van der Waals surface area contributed by atoms with E-state index in [1.54, 1.807) is 16.9 Å². The summed E-state index contributed by atoms with van der Waals surface area (Å²) in [6.07, 6.45) is 0.834. The Bertz CT molecular complexity index is 837. The zero-order valence-corrected chi connectivity index (χ0v) is 13.3. The molecular weight excluding hydrogens is 345 g/mol. The van der Waals surface area contributed by atoms with Crippen molar-refractivity contribution in [1.82, 2.24) is 29.3 Å². The number of imidazole rings is 1. The van der Waals surface area contributed by atoms with Crippen LogP contribution in [0, 0.1) is 0 Å². The topological polar surface area (TPSA) is 61.4 Å². The van der Waals surface area contributed by atoms with Gasteiger partial charge in [-0.15, -0.1) is 0 Å². The third-order valence-corrected chi connectivity index (χ3v) is 3.44. The number of rotatable bonds is 4. The van der Waals surface area contributed by atoms with E-state index in [1.165, 1.54) is 17.0 Å². The largest absolute Gasteiger partial charge is 0.434 e. The lowest BCUT2D eigenvalue weighted by Gasteiger charge is -2.05. The second-order valence-electron chi connectivity index (χ2n) is 4.95. The summed E-state index contributed by atoms with van der Waals surface area (Å²) in [7, 11) is 0. The van der Waals surface area contributed by atoms with Gasteiger partial charge in [-0.05, 0) is 13.0 Å². The molecule has 24 heavy (non-hydrogen) atoms. The number of hydrogen-bond donors (Lipinski definition) is 0. The molecule has 0 aromatic carbocycles. The van der Waals surface area contributed by atoms with Crippen LogP contribution in [0.2, 0.25) is 5.02 Å². The molecule has 0 aliphatic rings. The molecule has 0 amide bonds. The van der Waals surface area contributed by atoms with Crippen LogP contribution in [0.5, 0.6) is 0 Å². The van der Waals surface area contributed by atoms with Crippen molar-refractivity contribution in [2.45, 2.75) is 26.2 Å². The summed E-state index contributed by atoms with van der Waals surface area (Å²) in [5, 5.41) is 4.56. The van der Waals surface area contributed by atoms with Crippen LogP contribution >= 0.6 is 11.6 Å². The monoisotopic (exact) mass is 356 g/mol. The van der Waals surface area contributed by atoms with E-state index in [0.717, 1.165) is 6.20 Å². The molecule has 10 heteroatoms. The lowest BCUT2D eigenvalue weighted by atomic mass is 10.4. The molecule has 6 nitrogen and oxygen atoms in total. The van der Waals surface area contributed by atoms with Crippen LogP contribution in [0.3, 0.4) is 0 Å². The molecular formula is C14H12ClF3N6. The Morgan fingerprint density at radius 2 is 1.92 bits per heavy atom. The van der Waals surface area contributed by atoms with Gasteiger partial charge in [-0.3, -0.25) is 4.68 Å².